The van der Waals surface area contributed by atoms with E-state index in [2.05, 4.69) is 26.1 Å². The van der Waals surface area contributed by atoms with Crippen molar-refractivity contribution in [1.29, 1.82) is 0 Å². The molecule has 0 aliphatic carbocycles. The number of hydrogen-bond acceptors (Lipinski definition) is 2. The summed E-state index contributed by atoms with van der Waals surface area (Å²) in [6.07, 6.45) is 2.37. The molecule has 1 N–H and O–H groups in total. The van der Waals surface area contributed by atoms with Crippen LogP contribution in [0.4, 0.5) is 0 Å². The Kier molecular flexibility index (Phi) is 6.74. The van der Waals surface area contributed by atoms with Crippen LogP contribution in [0.3, 0.4) is 0 Å². The maximum absolute atomic E-state index is 5.95. The van der Waals surface area contributed by atoms with Gasteiger partial charge in [0.1, 0.15) is 0 Å². The van der Waals surface area contributed by atoms with Crippen LogP contribution in [0.5, 0.6) is 0 Å². The Morgan fingerprint density at radius 1 is 1.38 bits per heavy atom. The van der Waals surface area contributed by atoms with Crippen LogP contribution in [-0.4, -0.2) is 31.2 Å². The van der Waals surface area contributed by atoms with E-state index in [9.17, 15) is 0 Å². The smallest absolute Gasteiger partial charge is 0.0667 e. The van der Waals surface area contributed by atoms with E-state index in [1.165, 1.54) is 0 Å². The van der Waals surface area contributed by atoms with Gasteiger partial charge in [0.2, 0.25) is 0 Å². The molecule has 80 valence electrons. The fourth-order valence-electron chi connectivity index (χ4n) is 1.18. The molecule has 0 aliphatic heterocycles. The summed E-state index contributed by atoms with van der Waals surface area (Å²) in [4.78, 5) is 0. The molecule has 0 bridgehead atoms. The van der Waals surface area contributed by atoms with Crippen LogP contribution in [-0.2, 0) is 4.74 Å². The van der Waals surface area contributed by atoms with Gasteiger partial charge in [-0.05, 0) is 19.8 Å². The Morgan fingerprint density at radius 3 is 2.23 bits per heavy atom. The summed E-state index contributed by atoms with van der Waals surface area (Å²) >= 11 is 5.95. The number of ether oxygens (including phenoxy) is 1. The van der Waals surface area contributed by atoms with Gasteiger partial charge < -0.3 is 10.1 Å². The summed E-state index contributed by atoms with van der Waals surface area (Å²) in [6.45, 7) is 7.24. The summed E-state index contributed by atoms with van der Waals surface area (Å²) < 4.78 is 5.17. The molecule has 13 heavy (non-hydrogen) atoms. The van der Waals surface area contributed by atoms with Gasteiger partial charge in [-0.2, -0.15) is 0 Å². The van der Waals surface area contributed by atoms with Gasteiger partial charge in [-0.25, -0.2) is 0 Å². The molecule has 2 nitrogen and oxygen atoms in total. The fraction of sp³-hybridized carbons (Fsp3) is 1.00. The van der Waals surface area contributed by atoms with Crippen molar-refractivity contribution in [1.82, 2.24) is 5.32 Å². The van der Waals surface area contributed by atoms with Crippen LogP contribution in [0, 0.1) is 0 Å². The van der Waals surface area contributed by atoms with Crippen LogP contribution in [0.1, 0.15) is 33.6 Å². The monoisotopic (exact) mass is 207 g/mol. The highest BCUT2D eigenvalue weighted by Crippen LogP contribution is 2.16. The molecule has 0 aromatic heterocycles. The number of rotatable bonds is 7. The number of methoxy groups -OCH3 is 1. The first-order valence-corrected chi connectivity index (χ1v) is 5.51. The molecule has 1 unspecified atom stereocenters. The van der Waals surface area contributed by atoms with Crippen molar-refractivity contribution in [3.63, 3.8) is 0 Å². The topological polar surface area (TPSA) is 21.3 Å². The van der Waals surface area contributed by atoms with E-state index in [1.54, 1.807) is 7.11 Å². The largest absolute Gasteiger partial charge is 0.380 e. The Hall–Kier alpha value is 0.210. The summed E-state index contributed by atoms with van der Waals surface area (Å²) in [6, 6.07) is 0. The quantitative estimate of drug-likeness (QED) is 0.648. The summed E-state index contributed by atoms with van der Waals surface area (Å²) in [7, 11) is 1.73. The number of hydrogen-bond donors (Lipinski definition) is 1. The molecule has 0 aliphatic rings. The molecular formula is C10H22ClNO. The Bertz CT molecular complexity index is 118. The highest BCUT2D eigenvalue weighted by Gasteiger charge is 2.24. The molecule has 3 heteroatoms. The van der Waals surface area contributed by atoms with Gasteiger partial charge in [0.15, 0.2) is 0 Å². The van der Waals surface area contributed by atoms with Crippen molar-refractivity contribution in [3.05, 3.63) is 0 Å². The average molecular weight is 208 g/mol. The maximum atomic E-state index is 5.95. The van der Waals surface area contributed by atoms with Crippen LogP contribution in [0.15, 0.2) is 0 Å². The normalized spacial score (nSPS) is 14.5. The lowest BCUT2D eigenvalue weighted by molar-refractivity contribution is 0.107. The second-order valence-electron chi connectivity index (χ2n) is 3.55. The highest BCUT2D eigenvalue weighted by molar-refractivity contribution is 6.18. The summed E-state index contributed by atoms with van der Waals surface area (Å²) in [5, 5.41) is 3.48. The first kappa shape index (κ1) is 13.2. The van der Waals surface area contributed by atoms with Crippen molar-refractivity contribution in [3.8, 4) is 0 Å². The van der Waals surface area contributed by atoms with Crippen LogP contribution >= 0.6 is 11.6 Å². The summed E-state index contributed by atoms with van der Waals surface area (Å²) in [5.41, 5.74) is 0.0916. The molecule has 0 aromatic carbocycles. The molecule has 0 amide bonds. The SMILES string of the molecule is CCC(CC)(CCl)NCC(C)OC. The zero-order valence-corrected chi connectivity index (χ0v) is 9.95. The van der Waals surface area contributed by atoms with Gasteiger partial charge in [0.05, 0.1) is 6.10 Å². The Balaban J connectivity index is 3.95. The lowest BCUT2D eigenvalue weighted by Gasteiger charge is -2.31. The van der Waals surface area contributed by atoms with E-state index < -0.39 is 0 Å². The van der Waals surface area contributed by atoms with Crippen LogP contribution < -0.4 is 5.32 Å². The van der Waals surface area contributed by atoms with Gasteiger partial charge in [0, 0.05) is 25.1 Å². The number of alkyl halides is 1. The van der Waals surface area contributed by atoms with Gasteiger partial charge in [0.25, 0.3) is 0 Å². The number of nitrogens with one attached hydrogen (secondary N) is 1. The molecular weight excluding hydrogens is 186 g/mol. The van der Waals surface area contributed by atoms with Gasteiger partial charge in [-0.1, -0.05) is 13.8 Å². The van der Waals surface area contributed by atoms with E-state index in [4.69, 9.17) is 16.3 Å². The van der Waals surface area contributed by atoms with E-state index in [0.717, 1.165) is 19.4 Å². The van der Waals surface area contributed by atoms with E-state index in [-0.39, 0.29) is 11.6 Å². The minimum atomic E-state index is 0.0916. The third-order valence-corrected chi connectivity index (χ3v) is 3.29. The molecule has 0 rings (SSSR count). The predicted molar refractivity (Wildman–Crippen MR) is 58.5 cm³/mol. The van der Waals surface area contributed by atoms with Crippen molar-refractivity contribution >= 4 is 11.6 Å². The van der Waals surface area contributed by atoms with E-state index in [0.29, 0.717) is 5.88 Å². The molecule has 1 atom stereocenters. The van der Waals surface area contributed by atoms with Gasteiger partial charge >= 0.3 is 0 Å². The lowest BCUT2D eigenvalue weighted by atomic mass is 9.95. The van der Waals surface area contributed by atoms with E-state index >= 15 is 0 Å². The molecule has 0 heterocycles. The molecule has 0 saturated heterocycles. The van der Waals surface area contributed by atoms with Crippen molar-refractivity contribution < 1.29 is 4.74 Å². The average Bonchev–Trinajstić information content (AvgIpc) is 2.20. The summed E-state index contributed by atoms with van der Waals surface area (Å²) in [5.74, 6) is 0.663. The zero-order chi connectivity index (χ0) is 10.3. The molecule has 0 aromatic rings. The Morgan fingerprint density at radius 2 is 1.92 bits per heavy atom. The van der Waals surface area contributed by atoms with Gasteiger partial charge in [-0.3, -0.25) is 0 Å². The predicted octanol–water partition coefficient (Wildman–Crippen LogP) is 2.41. The Labute approximate surface area is 87.0 Å². The second-order valence-corrected chi connectivity index (χ2v) is 3.82. The third kappa shape index (κ3) is 4.30. The van der Waals surface area contributed by atoms with Crippen LogP contribution in [0.25, 0.3) is 0 Å². The van der Waals surface area contributed by atoms with Crippen LogP contribution in [0.2, 0.25) is 0 Å². The minimum Gasteiger partial charge on any atom is -0.380 e. The first-order valence-electron chi connectivity index (χ1n) is 4.98. The zero-order valence-electron chi connectivity index (χ0n) is 9.19. The second kappa shape index (κ2) is 6.63. The fourth-order valence-corrected chi connectivity index (χ4v) is 1.65. The van der Waals surface area contributed by atoms with Gasteiger partial charge in [-0.15, -0.1) is 11.6 Å². The number of halogens is 1. The van der Waals surface area contributed by atoms with Crippen molar-refractivity contribution in [2.45, 2.75) is 45.3 Å². The molecule has 0 fully saturated rings. The van der Waals surface area contributed by atoms with E-state index in [1.807, 2.05) is 0 Å². The first-order chi connectivity index (χ1) is 6.14. The highest BCUT2D eigenvalue weighted by atomic mass is 35.5. The molecule has 0 saturated carbocycles. The van der Waals surface area contributed by atoms with Crippen molar-refractivity contribution in [2.24, 2.45) is 0 Å². The lowest BCUT2D eigenvalue weighted by Crippen LogP contribution is -2.48. The molecule has 0 radical (unpaired) electrons. The third-order valence-electron chi connectivity index (χ3n) is 2.78. The molecule has 0 spiro atoms. The maximum Gasteiger partial charge on any atom is 0.0667 e. The standard InChI is InChI=1S/C10H22ClNO/c1-5-10(6-2,8-11)12-7-9(3)13-4/h9,12H,5-8H2,1-4H3. The minimum absolute atomic E-state index is 0.0916. The van der Waals surface area contributed by atoms with Crippen molar-refractivity contribution in [2.75, 3.05) is 19.5 Å².